The predicted molar refractivity (Wildman–Crippen MR) is 87.5 cm³/mol. The Morgan fingerprint density at radius 1 is 1.26 bits per heavy atom. The summed E-state index contributed by atoms with van der Waals surface area (Å²) in [5.74, 6) is 0.819. The van der Waals surface area contributed by atoms with Gasteiger partial charge in [0.15, 0.2) is 0 Å². The van der Waals surface area contributed by atoms with Gasteiger partial charge >= 0.3 is 0 Å². The quantitative estimate of drug-likeness (QED) is 0.812. The molecule has 2 aromatic rings. The predicted octanol–water partition coefficient (Wildman–Crippen LogP) is 3.35. The molecule has 0 radical (unpaired) electrons. The van der Waals surface area contributed by atoms with Crippen molar-refractivity contribution in [2.45, 2.75) is 24.3 Å². The van der Waals surface area contributed by atoms with E-state index in [2.05, 4.69) is 0 Å². The molecule has 1 aliphatic rings. The van der Waals surface area contributed by atoms with Crippen LogP contribution in [0.5, 0.6) is 5.75 Å². The average molecular weight is 325 g/mol. The lowest BCUT2D eigenvalue weighted by Crippen LogP contribution is -2.05. The van der Waals surface area contributed by atoms with Crippen molar-refractivity contribution in [1.29, 1.82) is 5.26 Å². The first-order chi connectivity index (χ1) is 11.0. The summed E-state index contributed by atoms with van der Waals surface area (Å²) < 4.78 is 30.7. The van der Waals surface area contributed by atoms with E-state index < -0.39 is 9.84 Å². The highest BCUT2D eigenvalue weighted by atomic mass is 32.2. The van der Waals surface area contributed by atoms with Crippen molar-refractivity contribution in [3.05, 3.63) is 64.6 Å². The maximum Gasteiger partial charge on any atom is 0.216 e. The minimum absolute atomic E-state index is 0.117. The highest BCUT2D eigenvalue weighted by Gasteiger charge is 2.22. The first-order valence-corrected chi connectivity index (χ1v) is 8.70. The van der Waals surface area contributed by atoms with Gasteiger partial charge in [0.05, 0.1) is 4.90 Å². The molecule has 5 heteroatoms. The van der Waals surface area contributed by atoms with Crippen molar-refractivity contribution >= 4 is 15.9 Å². The van der Waals surface area contributed by atoms with E-state index in [1.54, 1.807) is 24.3 Å². The van der Waals surface area contributed by atoms with Crippen LogP contribution in [0.2, 0.25) is 0 Å². The fraction of sp³-hybridized carbons (Fsp3) is 0.167. The summed E-state index contributed by atoms with van der Waals surface area (Å²) in [6, 6.07) is 15.2. The third kappa shape index (κ3) is 2.99. The van der Waals surface area contributed by atoms with Gasteiger partial charge < -0.3 is 4.74 Å². The van der Waals surface area contributed by atoms with Gasteiger partial charge in [-0.25, -0.2) is 8.42 Å². The zero-order valence-corrected chi connectivity index (χ0v) is 13.4. The van der Waals surface area contributed by atoms with Gasteiger partial charge in [0.1, 0.15) is 22.8 Å². The number of sulfone groups is 1. The van der Waals surface area contributed by atoms with E-state index in [0.717, 1.165) is 17.7 Å². The SMILES string of the molecule is C[C@H]1Cc2cc(/C=C(\C#N)S(=O)(=O)c3ccccc3)ccc2O1. The number of nitrogens with zero attached hydrogens (tertiary/aromatic N) is 1. The van der Waals surface area contributed by atoms with Crippen LogP contribution < -0.4 is 4.74 Å². The fourth-order valence-corrected chi connectivity index (χ4v) is 3.76. The number of hydrogen-bond acceptors (Lipinski definition) is 4. The minimum Gasteiger partial charge on any atom is -0.490 e. The maximum atomic E-state index is 12.5. The standard InChI is InChI=1S/C18H15NO3S/c1-13-9-15-10-14(7-8-18(15)22-13)11-17(12-19)23(20,21)16-5-3-2-4-6-16/h2-8,10-11,13H,9H2,1H3/b17-11+/t13-/m0/s1. The zero-order valence-electron chi connectivity index (χ0n) is 12.6. The van der Waals surface area contributed by atoms with Gasteiger partial charge in [-0.3, -0.25) is 0 Å². The molecule has 1 atom stereocenters. The normalized spacial score (nSPS) is 17.2. The Hall–Kier alpha value is -2.58. The summed E-state index contributed by atoms with van der Waals surface area (Å²) in [7, 11) is -3.81. The van der Waals surface area contributed by atoms with E-state index in [1.165, 1.54) is 18.2 Å². The lowest BCUT2D eigenvalue weighted by Gasteiger charge is -2.04. The minimum atomic E-state index is -3.81. The van der Waals surface area contributed by atoms with Crippen molar-refractivity contribution in [3.63, 3.8) is 0 Å². The second-order valence-corrected chi connectivity index (χ2v) is 7.35. The van der Waals surface area contributed by atoms with Crippen LogP contribution in [0.1, 0.15) is 18.1 Å². The Kier molecular flexibility index (Phi) is 3.93. The van der Waals surface area contributed by atoms with Crippen molar-refractivity contribution in [3.8, 4) is 11.8 Å². The highest BCUT2D eigenvalue weighted by molar-refractivity contribution is 7.95. The van der Waals surface area contributed by atoms with E-state index >= 15 is 0 Å². The molecular weight excluding hydrogens is 310 g/mol. The van der Waals surface area contributed by atoms with Crippen LogP contribution in [0.4, 0.5) is 0 Å². The molecule has 0 unspecified atom stereocenters. The summed E-state index contributed by atoms with van der Waals surface area (Å²) >= 11 is 0. The molecule has 1 heterocycles. The van der Waals surface area contributed by atoms with E-state index in [9.17, 15) is 13.7 Å². The molecule has 23 heavy (non-hydrogen) atoms. The lowest BCUT2D eigenvalue weighted by molar-refractivity contribution is 0.254. The molecule has 0 bridgehead atoms. The highest BCUT2D eigenvalue weighted by Crippen LogP contribution is 2.30. The first-order valence-electron chi connectivity index (χ1n) is 7.22. The van der Waals surface area contributed by atoms with Crippen LogP contribution in [0.3, 0.4) is 0 Å². The molecule has 0 fully saturated rings. The van der Waals surface area contributed by atoms with E-state index in [0.29, 0.717) is 5.56 Å². The molecule has 0 spiro atoms. The molecule has 0 N–H and O–H groups in total. The number of hydrogen-bond donors (Lipinski definition) is 0. The third-order valence-corrected chi connectivity index (χ3v) is 5.35. The van der Waals surface area contributed by atoms with Crippen molar-refractivity contribution in [1.82, 2.24) is 0 Å². The molecule has 0 amide bonds. The van der Waals surface area contributed by atoms with Gasteiger partial charge in [-0.2, -0.15) is 5.26 Å². The average Bonchev–Trinajstić information content (AvgIpc) is 2.92. The molecule has 4 nitrogen and oxygen atoms in total. The topological polar surface area (TPSA) is 67.2 Å². The Bertz CT molecular complexity index is 909. The largest absolute Gasteiger partial charge is 0.490 e. The van der Waals surface area contributed by atoms with Crippen molar-refractivity contribution in [2.24, 2.45) is 0 Å². The van der Waals surface area contributed by atoms with Gasteiger partial charge in [-0.1, -0.05) is 24.3 Å². The summed E-state index contributed by atoms with van der Waals surface area (Å²) in [6.45, 7) is 1.98. The maximum absolute atomic E-state index is 12.5. The number of allylic oxidation sites excluding steroid dienone is 1. The smallest absolute Gasteiger partial charge is 0.216 e. The van der Waals surface area contributed by atoms with Gasteiger partial charge in [-0.15, -0.1) is 0 Å². The molecule has 0 aliphatic carbocycles. The molecule has 3 rings (SSSR count). The van der Waals surface area contributed by atoms with Crippen LogP contribution in [0.25, 0.3) is 6.08 Å². The Morgan fingerprint density at radius 3 is 2.70 bits per heavy atom. The monoisotopic (exact) mass is 325 g/mol. The van der Waals surface area contributed by atoms with Crippen LogP contribution in [-0.2, 0) is 16.3 Å². The summed E-state index contributed by atoms with van der Waals surface area (Å²) in [4.78, 5) is -0.151. The third-order valence-electron chi connectivity index (χ3n) is 3.67. The number of nitriles is 1. The van der Waals surface area contributed by atoms with Crippen LogP contribution in [0.15, 0.2) is 58.3 Å². The Morgan fingerprint density at radius 2 is 2.00 bits per heavy atom. The van der Waals surface area contributed by atoms with E-state index in [4.69, 9.17) is 4.74 Å². The molecule has 1 aliphatic heterocycles. The lowest BCUT2D eigenvalue weighted by atomic mass is 10.1. The van der Waals surface area contributed by atoms with Gasteiger partial charge in [0.25, 0.3) is 0 Å². The number of fused-ring (bicyclic) bond motifs is 1. The Labute approximate surface area is 135 Å². The second kappa shape index (κ2) is 5.90. The summed E-state index contributed by atoms with van der Waals surface area (Å²) in [5.41, 5.74) is 1.71. The summed E-state index contributed by atoms with van der Waals surface area (Å²) in [6.07, 6.45) is 2.31. The molecule has 0 aromatic heterocycles. The van der Waals surface area contributed by atoms with Gasteiger partial charge in [0, 0.05) is 6.42 Å². The molecule has 2 aromatic carbocycles. The molecule has 0 saturated heterocycles. The van der Waals surface area contributed by atoms with Crippen molar-refractivity contribution < 1.29 is 13.2 Å². The number of rotatable bonds is 3. The Balaban J connectivity index is 2.01. The first kappa shape index (κ1) is 15.3. The van der Waals surface area contributed by atoms with E-state index in [1.807, 2.05) is 25.1 Å². The van der Waals surface area contributed by atoms with Gasteiger partial charge in [0.2, 0.25) is 9.84 Å². The summed E-state index contributed by atoms with van der Waals surface area (Å²) in [5, 5.41) is 9.30. The molecule has 116 valence electrons. The molecular formula is C18H15NO3S. The molecule has 0 saturated carbocycles. The van der Waals surface area contributed by atoms with Crippen molar-refractivity contribution in [2.75, 3.05) is 0 Å². The van der Waals surface area contributed by atoms with E-state index in [-0.39, 0.29) is 15.9 Å². The number of benzene rings is 2. The van der Waals surface area contributed by atoms with Crippen LogP contribution >= 0.6 is 0 Å². The van der Waals surface area contributed by atoms with Crippen LogP contribution in [0, 0.1) is 11.3 Å². The number of ether oxygens (including phenoxy) is 1. The van der Waals surface area contributed by atoms with Gasteiger partial charge in [-0.05, 0) is 48.4 Å². The van der Waals surface area contributed by atoms with Crippen LogP contribution in [-0.4, -0.2) is 14.5 Å². The zero-order chi connectivity index (χ0) is 16.4. The fourth-order valence-electron chi connectivity index (χ4n) is 2.58. The second-order valence-electron chi connectivity index (χ2n) is 5.44.